The van der Waals surface area contributed by atoms with Gasteiger partial charge < -0.3 is 0 Å². The predicted molar refractivity (Wildman–Crippen MR) is 91.6 cm³/mol. The van der Waals surface area contributed by atoms with Crippen LogP contribution in [0, 0.1) is 17.1 Å². The molecule has 0 aromatic heterocycles. The Morgan fingerprint density at radius 1 is 1.00 bits per heavy atom. The lowest BCUT2D eigenvalue weighted by Gasteiger charge is -2.34. The van der Waals surface area contributed by atoms with Gasteiger partial charge in [-0.2, -0.15) is 9.57 Å². The van der Waals surface area contributed by atoms with Crippen molar-refractivity contribution in [3.05, 3.63) is 65.5 Å². The van der Waals surface area contributed by atoms with Crippen molar-refractivity contribution in [2.45, 2.75) is 11.4 Å². The summed E-state index contributed by atoms with van der Waals surface area (Å²) >= 11 is 0. The summed E-state index contributed by atoms with van der Waals surface area (Å²) in [5.41, 5.74) is 0.755. The molecule has 0 aliphatic carbocycles. The van der Waals surface area contributed by atoms with Gasteiger partial charge in [0.05, 0.1) is 10.5 Å². The summed E-state index contributed by atoms with van der Waals surface area (Å²) in [5.74, 6) is -0.250. The number of benzene rings is 2. The number of hydrogen-bond acceptors (Lipinski definition) is 4. The van der Waals surface area contributed by atoms with Gasteiger partial charge >= 0.3 is 0 Å². The maximum absolute atomic E-state index is 13.8. The van der Waals surface area contributed by atoms with E-state index in [-0.39, 0.29) is 16.3 Å². The lowest BCUT2D eigenvalue weighted by Crippen LogP contribution is -2.48. The molecular weight excluding hydrogens is 341 g/mol. The molecule has 0 amide bonds. The molecule has 0 saturated carbocycles. The fourth-order valence-electron chi connectivity index (χ4n) is 2.92. The van der Waals surface area contributed by atoms with Crippen LogP contribution < -0.4 is 0 Å². The molecule has 1 saturated heterocycles. The van der Waals surface area contributed by atoms with E-state index in [1.165, 1.54) is 22.5 Å². The van der Waals surface area contributed by atoms with E-state index >= 15 is 0 Å². The number of rotatable bonds is 4. The third-order valence-corrected chi connectivity index (χ3v) is 6.27. The highest BCUT2D eigenvalue weighted by atomic mass is 32.2. The van der Waals surface area contributed by atoms with Crippen molar-refractivity contribution in [3.8, 4) is 6.07 Å². The van der Waals surface area contributed by atoms with Gasteiger partial charge in [-0.05, 0) is 18.2 Å². The first-order valence-corrected chi connectivity index (χ1v) is 9.41. The molecule has 5 nitrogen and oxygen atoms in total. The topological polar surface area (TPSA) is 64.4 Å². The number of piperazine rings is 1. The standard InChI is InChI=1S/C18H18FN3O2S/c19-17-7-3-1-6-16(17)14-21-9-11-22(12-10-21)25(23,24)18-8-4-2-5-15(18)13-20/h1-8H,9-12,14H2. The number of sulfonamides is 1. The Balaban J connectivity index is 1.70. The summed E-state index contributed by atoms with van der Waals surface area (Å²) in [4.78, 5) is 2.07. The maximum atomic E-state index is 13.8. The van der Waals surface area contributed by atoms with E-state index in [4.69, 9.17) is 5.26 Å². The quantitative estimate of drug-likeness (QED) is 0.840. The fraction of sp³-hybridized carbons (Fsp3) is 0.278. The molecule has 130 valence electrons. The second-order valence-corrected chi connectivity index (χ2v) is 7.79. The minimum Gasteiger partial charge on any atom is -0.296 e. The Kier molecular flexibility index (Phi) is 5.13. The van der Waals surface area contributed by atoms with Crippen LogP contribution in [0.25, 0.3) is 0 Å². The Morgan fingerprint density at radius 3 is 2.32 bits per heavy atom. The second kappa shape index (κ2) is 7.31. The number of nitrogens with zero attached hydrogens (tertiary/aromatic N) is 3. The van der Waals surface area contributed by atoms with Crippen molar-refractivity contribution in [1.82, 2.24) is 9.21 Å². The Morgan fingerprint density at radius 2 is 1.64 bits per heavy atom. The number of hydrogen-bond donors (Lipinski definition) is 0. The third kappa shape index (κ3) is 3.71. The fourth-order valence-corrected chi connectivity index (χ4v) is 4.48. The first kappa shape index (κ1) is 17.5. The minimum absolute atomic E-state index is 0.0417. The van der Waals surface area contributed by atoms with Gasteiger partial charge in [0.1, 0.15) is 11.9 Å². The highest BCUT2D eigenvalue weighted by Gasteiger charge is 2.30. The molecule has 1 heterocycles. The molecular formula is C18H18FN3O2S. The maximum Gasteiger partial charge on any atom is 0.244 e. The first-order chi connectivity index (χ1) is 12.0. The van der Waals surface area contributed by atoms with Crippen molar-refractivity contribution in [3.63, 3.8) is 0 Å². The average Bonchev–Trinajstić information content (AvgIpc) is 2.64. The van der Waals surface area contributed by atoms with Gasteiger partial charge in [-0.1, -0.05) is 30.3 Å². The molecule has 7 heteroatoms. The van der Waals surface area contributed by atoms with E-state index in [0.29, 0.717) is 38.3 Å². The van der Waals surface area contributed by atoms with Crippen LogP contribution in [0.2, 0.25) is 0 Å². The number of nitriles is 1. The highest BCUT2D eigenvalue weighted by Crippen LogP contribution is 2.21. The van der Waals surface area contributed by atoms with Crippen molar-refractivity contribution in [2.24, 2.45) is 0 Å². The zero-order chi connectivity index (χ0) is 17.9. The SMILES string of the molecule is N#Cc1ccccc1S(=O)(=O)N1CCN(Cc2ccccc2F)CC1. The molecule has 0 bridgehead atoms. The van der Waals surface area contributed by atoms with Crippen LogP contribution in [-0.2, 0) is 16.6 Å². The summed E-state index contributed by atoms with van der Waals surface area (Å²) in [6, 6.07) is 14.7. The van der Waals surface area contributed by atoms with E-state index < -0.39 is 10.0 Å². The van der Waals surface area contributed by atoms with Crippen molar-refractivity contribution in [1.29, 1.82) is 5.26 Å². The van der Waals surface area contributed by atoms with E-state index in [2.05, 4.69) is 0 Å². The molecule has 2 aromatic carbocycles. The van der Waals surface area contributed by atoms with E-state index in [0.717, 1.165) is 0 Å². The van der Waals surface area contributed by atoms with Gasteiger partial charge in [-0.25, -0.2) is 12.8 Å². The van der Waals surface area contributed by atoms with Gasteiger partial charge in [0.25, 0.3) is 0 Å². The largest absolute Gasteiger partial charge is 0.296 e. The Hall–Kier alpha value is -2.27. The third-order valence-electron chi connectivity index (χ3n) is 4.31. The average molecular weight is 359 g/mol. The summed E-state index contributed by atoms with van der Waals surface area (Å²) in [7, 11) is -3.70. The van der Waals surface area contributed by atoms with E-state index in [9.17, 15) is 12.8 Å². The summed E-state index contributed by atoms with van der Waals surface area (Å²) in [5, 5.41) is 9.14. The molecule has 0 N–H and O–H groups in total. The molecule has 1 aliphatic heterocycles. The van der Waals surface area contributed by atoms with Crippen LogP contribution in [0.3, 0.4) is 0 Å². The normalized spacial score (nSPS) is 16.5. The van der Waals surface area contributed by atoms with Crippen molar-refractivity contribution in [2.75, 3.05) is 26.2 Å². The van der Waals surface area contributed by atoms with Crippen LogP contribution in [-0.4, -0.2) is 43.8 Å². The zero-order valence-corrected chi connectivity index (χ0v) is 14.4. The van der Waals surface area contributed by atoms with Crippen LogP contribution in [0.5, 0.6) is 0 Å². The van der Waals surface area contributed by atoms with Gasteiger partial charge in [0.15, 0.2) is 0 Å². The van der Waals surface area contributed by atoms with Crippen LogP contribution in [0.1, 0.15) is 11.1 Å². The predicted octanol–water partition coefficient (Wildman–Crippen LogP) is 2.20. The molecule has 1 aliphatic rings. The molecule has 3 rings (SSSR count). The van der Waals surface area contributed by atoms with Crippen LogP contribution >= 0.6 is 0 Å². The second-order valence-electron chi connectivity index (χ2n) is 5.88. The zero-order valence-electron chi connectivity index (χ0n) is 13.6. The van der Waals surface area contributed by atoms with Gasteiger partial charge in [-0.3, -0.25) is 4.90 Å². The van der Waals surface area contributed by atoms with Crippen molar-refractivity contribution >= 4 is 10.0 Å². The minimum atomic E-state index is -3.70. The highest BCUT2D eigenvalue weighted by molar-refractivity contribution is 7.89. The Bertz CT molecular complexity index is 901. The van der Waals surface area contributed by atoms with Crippen LogP contribution in [0.15, 0.2) is 53.4 Å². The van der Waals surface area contributed by atoms with Crippen LogP contribution in [0.4, 0.5) is 4.39 Å². The van der Waals surface area contributed by atoms with Gasteiger partial charge in [0.2, 0.25) is 10.0 Å². The summed E-state index contributed by atoms with van der Waals surface area (Å²) in [6.07, 6.45) is 0. The van der Waals surface area contributed by atoms with Gasteiger partial charge in [0, 0.05) is 38.3 Å². The lowest BCUT2D eigenvalue weighted by atomic mass is 10.2. The first-order valence-electron chi connectivity index (χ1n) is 7.97. The van der Waals surface area contributed by atoms with Crippen molar-refractivity contribution < 1.29 is 12.8 Å². The summed E-state index contributed by atoms with van der Waals surface area (Å²) < 4.78 is 40.7. The van der Waals surface area contributed by atoms with E-state index in [1.54, 1.807) is 30.3 Å². The lowest BCUT2D eigenvalue weighted by molar-refractivity contribution is 0.180. The molecule has 2 aromatic rings. The Labute approximate surface area is 147 Å². The van der Waals surface area contributed by atoms with Gasteiger partial charge in [-0.15, -0.1) is 0 Å². The molecule has 0 atom stereocenters. The molecule has 25 heavy (non-hydrogen) atoms. The van der Waals surface area contributed by atoms with E-state index in [1.807, 2.05) is 11.0 Å². The number of halogens is 1. The summed E-state index contributed by atoms with van der Waals surface area (Å²) in [6.45, 7) is 2.12. The monoisotopic (exact) mass is 359 g/mol. The molecule has 0 unspecified atom stereocenters. The molecule has 0 radical (unpaired) electrons. The molecule has 1 fully saturated rings. The molecule has 0 spiro atoms. The smallest absolute Gasteiger partial charge is 0.244 e.